The van der Waals surface area contributed by atoms with Crippen LogP contribution in [0.15, 0.2) is 0 Å². The Bertz CT molecular complexity index is 940. The summed E-state index contributed by atoms with van der Waals surface area (Å²) in [5.74, 6) is 3.26. The van der Waals surface area contributed by atoms with Crippen molar-refractivity contribution in [1.82, 2.24) is 0 Å². The molecule has 0 aromatic heterocycles. The Labute approximate surface area is 262 Å². The first-order valence-corrected chi connectivity index (χ1v) is 17.1. The van der Waals surface area contributed by atoms with Crippen molar-refractivity contribution in [2.45, 2.75) is 148 Å². The molecule has 4 aliphatic carbocycles. The lowest BCUT2D eigenvalue weighted by molar-refractivity contribution is -0.457. The van der Waals surface area contributed by atoms with Crippen LogP contribution in [0.3, 0.4) is 0 Å². The molecule has 9 unspecified atom stereocenters. The maximum absolute atomic E-state index is 13.2. The SMILES string of the molecule is CC(C)CCCOC1CCC2(C)C(CCC3C2CCC2(C)C(C(C)CCCOC(C(F)(F)F)(C(F)(F)F)C(F)(F)F)CCC32)C1. The highest BCUT2D eigenvalue weighted by Gasteiger charge is 2.85. The zero-order valence-corrected chi connectivity index (χ0v) is 27.4. The van der Waals surface area contributed by atoms with E-state index in [9.17, 15) is 39.5 Å². The monoisotopic (exact) mass is 664 g/mol. The fourth-order valence-corrected chi connectivity index (χ4v) is 10.6. The summed E-state index contributed by atoms with van der Waals surface area (Å²) in [6.07, 6.45) is -7.65. The van der Waals surface area contributed by atoms with Gasteiger partial charge in [-0.25, -0.2) is 0 Å². The maximum Gasteiger partial charge on any atom is 0.435 e. The third-order valence-electron chi connectivity index (χ3n) is 13.0. The van der Waals surface area contributed by atoms with Crippen molar-refractivity contribution in [1.29, 1.82) is 0 Å². The largest absolute Gasteiger partial charge is 0.435 e. The molecule has 4 saturated carbocycles. The average molecular weight is 665 g/mol. The van der Waals surface area contributed by atoms with Gasteiger partial charge in [-0.2, -0.15) is 39.5 Å². The summed E-state index contributed by atoms with van der Waals surface area (Å²) in [4.78, 5) is 0. The van der Waals surface area contributed by atoms with Crippen molar-refractivity contribution in [3.63, 3.8) is 0 Å². The van der Waals surface area contributed by atoms with E-state index in [1.54, 1.807) is 0 Å². The molecule has 45 heavy (non-hydrogen) atoms. The van der Waals surface area contributed by atoms with E-state index in [0.29, 0.717) is 35.7 Å². The van der Waals surface area contributed by atoms with E-state index in [1.165, 1.54) is 25.7 Å². The van der Waals surface area contributed by atoms with E-state index in [2.05, 4.69) is 32.4 Å². The molecule has 0 heterocycles. The van der Waals surface area contributed by atoms with Crippen LogP contribution in [0, 0.1) is 52.3 Å². The third-order valence-corrected chi connectivity index (χ3v) is 13.0. The second kappa shape index (κ2) is 13.3. The lowest BCUT2D eigenvalue weighted by Crippen LogP contribution is -2.67. The number of hydrogen-bond donors (Lipinski definition) is 0. The number of hydrogen-bond acceptors (Lipinski definition) is 2. The lowest BCUT2D eigenvalue weighted by atomic mass is 9.44. The predicted molar refractivity (Wildman–Crippen MR) is 154 cm³/mol. The van der Waals surface area contributed by atoms with Crippen LogP contribution >= 0.6 is 0 Å². The van der Waals surface area contributed by atoms with Crippen molar-refractivity contribution < 1.29 is 49.0 Å². The van der Waals surface area contributed by atoms with Crippen molar-refractivity contribution >= 4 is 0 Å². The van der Waals surface area contributed by atoms with Gasteiger partial charge in [-0.1, -0.05) is 34.6 Å². The fourth-order valence-electron chi connectivity index (χ4n) is 10.6. The Morgan fingerprint density at radius 1 is 0.667 bits per heavy atom. The molecule has 4 aliphatic rings. The first-order valence-electron chi connectivity index (χ1n) is 17.1. The zero-order chi connectivity index (χ0) is 33.6. The summed E-state index contributed by atoms with van der Waals surface area (Å²) >= 11 is 0. The second-order valence-corrected chi connectivity index (χ2v) is 15.8. The van der Waals surface area contributed by atoms with Gasteiger partial charge in [0.15, 0.2) is 0 Å². The van der Waals surface area contributed by atoms with Gasteiger partial charge in [0.1, 0.15) is 0 Å². The standard InChI is InChI=1S/C34H53F9O2/c1-21(2)8-6-18-44-24-14-16-29(4)23(20-24)10-11-25-27-13-12-26(30(27,5)17-15-28(25)29)22(3)9-7-19-45-31(32(35,36)37,33(38,39)40)34(41,42)43/h21-28H,6-20H2,1-5H3. The van der Waals surface area contributed by atoms with Crippen LogP contribution in [0.1, 0.15) is 118 Å². The highest BCUT2D eigenvalue weighted by atomic mass is 19.4. The predicted octanol–water partition coefficient (Wildman–Crippen LogP) is 11.3. The molecule has 0 amide bonds. The summed E-state index contributed by atoms with van der Waals surface area (Å²) in [5.41, 5.74) is -5.90. The van der Waals surface area contributed by atoms with Gasteiger partial charge in [-0.3, -0.25) is 0 Å². The van der Waals surface area contributed by atoms with Crippen LogP contribution in [-0.2, 0) is 9.47 Å². The van der Waals surface area contributed by atoms with Crippen LogP contribution in [-0.4, -0.2) is 43.4 Å². The molecule has 0 aromatic carbocycles. The number of ether oxygens (including phenoxy) is 2. The van der Waals surface area contributed by atoms with Gasteiger partial charge >= 0.3 is 24.1 Å². The Morgan fingerprint density at radius 3 is 1.84 bits per heavy atom. The van der Waals surface area contributed by atoms with Crippen molar-refractivity contribution in [2.24, 2.45) is 52.3 Å². The molecular weight excluding hydrogens is 611 g/mol. The molecule has 9 atom stereocenters. The van der Waals surface area contributed by atoms with E-state index < -0.39 is 30.7 Å². The Hall–Kier alpha value is -0.710. The highest BCUT2D eigenvalue weighted by molar-refractivity contribution is 5.10. The van der Waals surface area contributed by atoms with Gasteiger partial charge in [0.05, 0.1) is 6.10 Å². The average Bonchev–Trinajstić information content (AvgIpc) is 3.26. The van der Waals surface area contributed by atoms with E-state index >= 15 is 0 Å². The number of alkyl halides is 9. The van der Waals surface area contributed by atoms with Crippen molar-refractivity contribution in [2.75, 3.05) is 13.2 Å². The van der Waals surface area contributed by atoms with Gasteiger partial charge in [-0.05, 0) is 136 Å². The van der Waals surface area contributed by atoms with Gasteiger partial charge in [0.2, 0.25) is 0 Å². The molecule has 0 aromatic rings. The Kier molecular flexibility index (Phi) is 11.0. The van der Waals surface area contributed by atoms with Crippen LogP contribution in [0.5, 0.6) is 0 Å². The Morgan fingerprint density at radius 2 is 1.24 bits per heavy atom. The minimum absolute atomic E-state index is 0.00896. The van der Waals surface area contributed by atoms with E-state index in [0.717, 1.165) is 51.6 Å². The third kappa shape index (κ3) is 6.92. The summed E-state index contributed by atoms with van der Waals surface area (Å²) in [5, 5.41) is 0. The van der Waals surface area contributed by atoms with Gasteiger partial charge in [0.25, 0.3) is 0 Å². The molecule has 0 saturated heterocycles. The van der Waals surface area contributed by atoms with Crippen molar-refractivity contribution in [3.05, 3.63) is 0 Å². The molecule has 0 N–H and O–H groups in total. The van der Waals surface area contributed by atoms with E-state index in [4.69, 9.17) is 4.74 Å². The van der Waals surface area contributed by atoms with E-state index in [1.807, 2.05) is 6.92 Å². The number of halogens is 9. The summed E-state index contributed by atoms with van der Waals surface area (Å²) in [6.45, 7) is 10.8. The molecule has 0 radical (unpaired) electrons. The summed E-state index contributed by atoms with van der Waals surface area (Å²) in [7, 11) is 0. The lowest BCUT2D eigenvalue weighted by Gasteiger charge is -2.61. The van der Waals surface area contributed by atoms with Gasteiger partial charge in [0, 0.05) is 13.2 Å². The summed E-state index contributed by atoms with van der Waals surface area (Å²) in [6, 6.07) is 0. The van der Waals surface area contributed by atoms with Crippen molar-refractivity contribution in [3.8, 4) is 0 Å². The highest BCUT2D eigenvalue weighted by Crippen LogP contribution is 2.68. The zero-order valence-electron chi connectivity index (χ0n) is 27.4. The summed E-state index contributed by atoms with van der Waals surface area (Å²) < 4.78 is 129. The molecule has 2 nitrogen and oxygen atoms in total. The molecule has 4 fully saturated rings. The Balaban J connectivity index is 1.34. The maximum atomic E-state index is 13.2. The minimum Gasteiger partial charge on any atom is -0.378 e. The number of fused-ring (bicyclic) bond motifs is 5. The minimum atomic E-state index is -6.69. The topological polar surface area (TPSA) is 18.5 Å². The molecule has 264 valence electrons. The molecular formula is C34H53F9O2. The molecule has 11 heteroatoms. The van der Waals surface area contributed by atoms with Crippen LogP contribution < -0.4 is 0 Å². The smallest absolute Gasteiger partial charge is 0.378 e. The number of rotatable bonds is 11. The molecule has 0 bridgehead atoms. The normalized spacial score (nSPS) is 36.9. The first kappa shape index (κ1) is 37.1. The van der Waals surface area contributed by atoms with Gasteiger partial charge in [-0.15, -0.1) is 0 Å². The van der Waals surface area contributed by atoms with Gasteiger partial charge < -0.3 is 9.47 Å². The first-order chi connectivity index (χ1) is 20.7. The van der Waals surface area contributed by atoms with E-state index in [-0.39, 0.29) is 35.5 Å². The fraction of sp³-hybridized carbons (Fsp3) is 1.00. The second-order valence-electron chi connectivity index (χ2n) is 15.8. The van der Waals surface area contributed by atoms with Crippen LogP contribution in [0.2, 0.25) is 0 Å². The molecule has 0 aliphatic heterocycles. The van der Waals surface area contributed by atoms with Crippen LogP contribution in [0.25, 0.3) is 0 Å². The van der Waals surface area contributed by atoms with Crippen LogP contribution in [0.4, 0.5) is 39.5 Å². The molecule has 4 rings (SSSR count). The quantitative estimate of drug-likeness (QED) is 0.162. The molecule has 0 spiro atoms.